The molecule has 1 saturated heterocycles. The van der Waals surface area contributed by atoms with E-state index >= 15 is 0 Å². The summed E-state index contributed by atoms with van der Waals surface area (Å²) in [6.07, 6.45) is 9.92. The van der Waals surface area contributed by atoms with Crippen molar-refractivity contribution in [1.29, 1.82) is 0 Å². The Morgan fingerprint density at radius 1 is 1.06 bits per heavy atom. The molecule has 2 aliphatic rings. The molecule has 0 amide bonds. The van der Waals surface area contributed by atoms with Crippen LogP contribution in [0.5, 0.6) is 0 Å². The van der Waals surface area contributed by atoms with Gasteiger partial charge in [-0.05, 0) is 25.7 Å². The van der Waals surface area contributed by atoms with Gasteiger partial charge in [-0.2, -0.15) is 0 Å². The zero-order chi connectivity index (χ0) is 11.2. The fraction of sp³-hybridized carbons (Fsp3) is 1.00. The summed E-state index contributed by atoms with van der Waals surface area (Å²) in [5.41, 5.74) is 5.73. The van der Waals surface area contributed by atoms with E-state index in [2.05, 4.69) is 4.90 Å². The van der Waals surface area contributed by atoms with Gasteiger partial charge < -0.3 is 10.5 Å². The van der Waals surface area contributed by atoms with Crippen molar-refractivity contribution in [1.82, 2.24) is 4.90 Å². The summed E-state index contributed by atoms with van der Waals surface area (Å²) in [6, 6.07) is 0.779. The van der Waals surface area contributed by atoms with Crippen molar-refractivity contribution in [2.75, 3.05) is 26.2 Å². The highest BCUT2D eigenvalue weighted by Crippen LogP contribution is 2.24. The van der Waals surface area contributed by atoms with Crippen molar-refractivity contribution in [3.05, 3.63) is 0 Å². The SMILES string of the molecule is NCCN(CC1CCCO1)C1CCCCC1. The normalized spacial score (nSPS) is 27.8. The van der Waals surface area contributed by atoms with E-state index < -0.39 is 0 Å². The van der Waals surface area contributed by atoms with Crippen LogP contribution < -0.4 is 5.73 Å². The third-order valence-corrected chi connectivity index (χ3v) is 3.97. The van der Waals surface area contributed by atoms with E-state index in [9.17, 15) is 0 Å². The van der Waals surface area contributed by atoms with Gasteiger partial charge in [0.2, 0.25) is 0 Å². The minimum Gasteiger partial charge on any atom is -0.377 e. The predicted octanol–water partition coefficient (Wildman–Crippen LogP) is 1.76. The van der Waals surface area contributed by atoms with Gasteiger partial charge >= 0.3 is 0 Å². The molecular weight excluding hydrogens is 200 g/mol. The van der Waals surface area contributed by atoms with Crippen LogP contribution in [0.1, 0.15) is 44.9 Å². The molecule has 0 bridgehead atoms. The van der Waals surface area contributed by atoms with Gasteiger partial charge in [0.15, 0.2) is 0 Å². The monoisotopic (exact) mass is 226 g/mol. The van der Waals surface area contributed by atoms with E-state index in [-0.39, 0.29) is 0 Å². The minimum absolute atomic E-state index is 0.480. The Morgan fingerprint density at radius 3 is 2.50 bits per heavy atom. The maximum absolute atomic E-state index is 5.74. The van der Waals surface area contributed by atoms with Crippen LogP contribution in [0, 0.1) is 0 Å². The smallest absolute Gasteiger partial charge is 0.0702 e. The first-order valence-corrected chi connectivity index (χ1v) is 6.96. The lowest BCUT2D eigenvalue weighted by Crippen LogP contribution is -2.44. The second-order valence-electron chi connectivity index (χ2n) is 5.21. The third kappa shape index (κ3) is 3.44. The van der Waals surface area contributed by atoms with Crippen molar-refractivity contribution in [3.63, 3.8) is 0 Å². The molecule has 3 nitrogen and oxygen atoms in total. The quantitative estimate of drug-likeness (QED) is 0.776. The van der Waals surface area contributed by atoms with Crippen LogP contribution >= 0.6 is 0 Å². The molecule has 0 aromatic rings. The molecular formula is C13H26N2O. The number of nitrogens with zero attached hydrogens (tertiary/aromatic N) is 1. The van der Waals surface area contributed by atoms with E-state index in [1.54, 1.807) is 0 Å². The van der Waals surface area contributed by atoms with E-state index in [0.717, 1.165) is 32.3 Å². The fourth-order valence-corrected chi connectivity index (χ4v) is 3.08. The topological polar surface area (TPSA) is 38.5 Å². The molecule has 1 aliphatic heterocycles. The molecule has 1 atom stereocenters. The Bertz CT molecular complexity index is 186. The average Bonchev–Trinajstić information content (AvgIpc) is 2.83. The Hall–Kier alpha value is -0.120. The van der Waals surface area contributed by atoms with Gasteiger partial charge in [-0.15, -0.1) is 0 Å². The van der Waals surface area contributed by atoms with Crippen molar-refractivity contribution in [2.24, 2.45) is 5.73 Å². The summed E-state index contributed by atoms with van der Waals surface area (Å²) in [5.74, 6) is 0. The Labute approximate surface area is 99.3 Å². The lowest BCUT2D eigenvalue weighted by atomic mass is 9.94. The highest BCUT2D eigenvalue weighted by molar-refractivity contribution is 4.79. The average molecular weight is 226 g/mol. The molecule has 2 fully saturated rings. The van der Waals surface area contributed by atoms with Gasteiger partial charge in [0.1, 0.15) is 0 Å². The number of nitrogens with two attached hydrogens (primary N) is 1. The van der Waals surface area contributed by atoms with Crippen LogP contribution in [0.3, 0.4) is 0 Å². The Balaban J connectivity index is 1.82. The van der Waals surface area contributed by atoms with Crippen molar-refractivity contribution in [3.8, 4) is 0 Å². The van der Waals surface area contributed by atoms with Gasteiger partial charge in [-0.1, -0.05) is 19.3 Å². The molecule has 0 aromatic heterocycles. The van der Waals surface area contributed by atoms with Crippen LogP contribution in [0.2, 0.25) is 0 Å². The lowest BCUT2D eigenvalue weighted by Gasteiger charge is -2.35. The van der Waals surface area contributed by atoms with E-state index in [0.29, 0.717) is 6.10 Å². The standard InChI is InChI=1S/C13H26N2O/c14-8-9-15(11-13-7-4-10-16-13)12-5-2-1-3-6-12/h12-13H,1-11,14H2. The molecule has 1 heterocycles. The molecule has 1 aliphatic carbocycles. The van der Waals surface area contributed by atoms with Gasteiger partial charge in [-0.3, -0.25) is 4.90 Å². The predicted molar refractivity (Wildman–Crippen MR) is 66.5 cm³/mol. The molecule has 1 saturated carbocycles. The largest absolute Gasteiger partial charge is 0.377 e. The summed E-state index contributed by atoms with van der Waals surface area (Å²) >= 11 is 0. The first kappa shape index (κ1) is 12.3. The molecule has 1 unspecified atom stereocenters. The Morgan fingerprint density at radius 2 is 1.88 bits per heavy atom. The highest BCUT2D eigenvalue weighted by atomic mass is 16.5. The lowest BCUT2D eigenvalue weighted by molar-refractivity contribution is 0.0500. The first-order chi connectivity index (χ1) is 7.90. The van der Waals surface area contributed by atoms with E-state index in [1.165, 1.54) is 44.9 Å². The fourth-order valence-electron chi connectivity index (χ4n) is 3.08. The Kier molecular flexibility index (Phi) is 5.07. The second kappa shape index (κ2) is 6.58. The molecule has 3 heteroatoms. The van der Waals surface area contributed by atoms with E-state index in [1.807, 2.05) is 0 Å². The molecule has 2 rings (SSSR count). The highest BCUT2D eigenvalue weighted by Gasteiger charge is 2.25. The number of rotatable bonds is 5. The van der Waals surface area contributed by atoms with Crippen molar-refractivity contribution < 1.29 is 4.74 Å². The van der Waals surface area contributed by atoms with Gasteiger partial charge in [0.25, 0.3) is 0 Å². The molecule has 2 N–H and O–H groups in total. The molecule has 0 aromatic carbocycles. The minimum atomic E-state index is 0.480. The number of hydrogen-bond acceptors (Lipinski definition) is 3. The third-order valence-electron chi connectivity index (χ3n) is 3.97. The van der Waals surface area contributed by atoms with Gasteiger partial charge in [0, 0.05) is 32.3 Å². The summed E-state index contributed by atoms with van der Waals surface area (Å²) in [6.45, 7) is 3.90. The number of hydrogen-bond donors (Lipinski definition) is 1. The van der Waals surface area contributed by atoms with Crippen LogP contribution in [0.15, 0.2) is 0 Å². The molecule has 16 heavy (non-hydrogen) atoms. The van der Waals surface area contributed by atoms with Crippen LogP contribution in [-0.4, -0.2) is 43.3 Å². The molecule has 0 spiro atoms. The maximum atomic E-state index is 5.74. The van der Waals surface area contributed by atoms with Crippen LogP contribution in [0.4, 0.5) is 0 Å². The molecule has 94 valence electrons. The van der Waals surface area contributed by atoms with Crippen molar-refractivity contribution in [2.45, 2.75) is 57.1 Å². The van der Waals surface area contributed by atoms with Crippen molar-refractivity contribution >= 4 is 0 Å². The summed E-state index contributed by atoms with van der Waals surface area (Å²) < 4.78 is 5.74. The summed E-state index contributed by atoms with van der Waals surface area (Å²) in [5, 5.41) is 0. The number of ether oxygens (including phenoxy) is 1. The maximum Gasteiger partial charge on any atom is 0.0702 e. The van der Waals surface area contributed by atoms with E-state index in [4.69, 9.17) is 10.5 Å². The summed E-state index contributed by atoms with van der Waals surface area (Å²) in [4.78, 5) is 2.59. The van der Waals surface area contributed by atoms with Crippen LogP contribution in [-0.2, 0) is 4.74 Å². The van der Waals surface area contributed by atoms with Gasteiger partial charge in [-0.25, -0.2) is 0 Å². The zero-order valence-electron chi connectivity index (χ0n) is 10.4. The zero-order valence-corrected chi connectivity index (χ0v) is 10.4. The van der Waals surface area contributed by atoms with Gasteiger partial charge in [0.05, 0.1) is 6.10 Å². The second-order valence-corrected chi connectivity index (χ2v) is 5.21. The van der Waals surface area contributed by atoms with Crippen LogP contribution in [0.25, 0.3) is 0 Å². The summed E-state index contributed by atoms with van der Waals surface area (Å²) in [7, 11) is 0. The first-order valence-electron chi connectivity index (χ1n) is 6.96. The molecule has 0 radical (unpaired) electrons.